The standard InChI is InChI=1S/C24H30FN7O/c1-17-26-15-22(32(17)20-7-11-33-12-8-20)23-21(25)14-28-24(30-23)29-18-5-6-19(27-13-18)16-31-9-3-2-4-10-31/h5-6,13-15,20H,2-4,7-12,16H2,1H3,(H,28,29,30). The van der Waals surface area contributed by atoms with E-state index in [1.807, 2.05) is 19.1 Å². The number of nitrogens with zero attached hydrogens (tertiary/aromatic N) is 6. The molecule has 2 fully saturated rings. The van der Waals surface area contributed by atoms with E-state index in [2.05, 4.69) is 34.7 Å². The van der Waals surface area contributed by atoms with Gasteiger partial charge in [-0.2, -0.15) is 0 Å². The Hall–Kier alpha value is -2.91. The Balaban J connectivity index is 1.33. The molecule has 3 aromatic heterocycles. The average Bonchev–Trinajstić information content (AvgIpc) is 3.24. The topological polar surface area (TPSA) is 81.0 Å². The van der Waals surface area contributed by atoms with Crippen LogP contribution in [0, 0.1) is 12.7 Å². The molecule has 0 amide bonds. The lowest BCUT2D eigenvalue weighted by Crippen LogP contribution is -2.29. The molecular formula is C24H30FN7O. The Morgan fingerprint density at radius 2 is 1.85 bits per heavy atom. The van der Waals surface area contributed by atoms with Gasteiger partial charge in [-0.25, -0.2) is 19.3 Å². The van der Waals surface area contributed by atoms with Crippen molar-refractivity contribution in [2.45, 2.75) is 51.6 Å². The fourth-order valence-corrected chi connectivity index (χ4v) is 4.71. The third kappa shape index (κ3) is 5.04. The van der Waals surface area contributed by atoms with Gasteiger partial charge in [-0.3, -0.25) is 9.88 Å². The van der Waals surface area contributed by atoms with Crippen molar-refractivity contribution in [3.8, 4) is 11.4 Å². The van der Waals surface area contributed by atoms with Crippen molar-refractivity contribution in [3.63, 3.8) is 0 Å². The van der Waals surface area contributed by atoms with Crippen molar-refractivity contribution in [2.24, 2.45) is 0 Å². The maximum Gasteiger partial charge on any atom is 0.228 e. The monoisotopic (exact) mass is 451 g/mol. The van der Waals surface area contributed by atoms with Gasteiger partial charge in [-0.15, -0.1) is 0 Å². The number of likely N-dealkylation sites (tertiary alicyclic amines) is 1. The van der Waals surface area contributed by atoms with Crippen LogP contribution in [0.15, 0.2) is 30.7 Å². The number of piperidine rings is 1. The highest BCUT2D eigenvalue weighted by molar-refractivity contribution is 5.59. The molecule has 0 spiro atoms. The van der Waals surface area contributed by atoms with E-state index in [0.717, 1.165) is 49.7 Å². The minimum Gasteiger partial charge on any atom is -0.381 e. The van der Waals surface area contributed by atoms with Gasteiger partial charge in [-0.1, -0.05) is 6.42 Å². The first kappa shape index (κ1) is 21.9. The van der Waals surface area contributed by atoms with Crippen molar-refractivity contribution >= 4 is 11.6 Å². The predicted octanol–water partition coefficient (Wildman–Crippen LogP) is 4.26. The van der Waals surface area contributed by atoms with E-state index in [0.29, 0.717) is 24.9 Å². The molecule has 0 radical (unpaired) electrons. The number of aromatic nitrogens is 5. The van der Waals surface area contributed by atoms with Crippen LogP contribution in [0.1, 0.15) is 49.7 Å². The molecular weight excluding hydrogens is 421 g/mol. The maximum absolute atomic E-state index is 14.8. The normalized spacial score (nSPS) is 17.9. The summed E-state index contributed by atoms with van der Waals surface area (Å²) in [6, 6.07) is 4.21. The molecule has 2 aliphatic rings. The van der Waals surface area contributed by atoms with Gasteiger partial charge in [0.25, 0.3) is 0 Å². The van der Waals surface area contributed by atoms with Crippen LogP contribution < -0.4 is 5.32 Å². The van der Waals surface area contributed by atoms with E-state index in [1.54, 1.807) is 12.4 Å². The number of hydrogen-bond acceptors (Lipinski definition) is 7. The third-order valence-corrected chi connectivity index (χ3v) is 6.44. The highest BCUT2D eigenvalue weighted by atomic mass is 19.1. The summed E-state index contributed by atoms with van der Waals surface area (Å²) in [5.74, 6) is 0.705. The summed E-state index contributed by atoms with van der Waals surface area (Å²) in [6.07, 6.45) is 10.3. The quantitative estimate of drug-likeness (QED) is 0.600. The molecule has 174 valence electrons. The number of ether oxygens (including phenoxy) is 1. The lowest BCUT2D eigenvalue weighted by molar-refractivity contribution is 0.0694. The first-order valence-electron chi connectivity index (χ1n) is 11.8. The number of pyridine rings is 1. The van der Waals surface area contributed by atoms with Crippen LogP contribution in [-0.2, 0) is 11.3 Å². The Morgan fingerprint density at radius 1 is 1.03 bits per heavy atom. The van der Waals surface area contributed by atoms with Crippen LogP contribution in [0.3, 0.4) is 0 Å². The zero-order valence-electron chi connectivity index (χ0n) is 19.0. The summed E-state index contributed by atoms with van der Waals surface area (Å²) in [6.45, 7) is 6.47. The van der Waals surface area contributed by atoms with Crippen LogP contribution >= 0.6 is 0 Å². The Bertz CT molecular complexity index is 1070. The van der Waals surface area contributed by atoms with Crippen molar-refractivity contribution in [3.05, 3.63) is 48.1 Å². The van der Waals surface area contributed by atoms with E-state index < -0.39 is 5.82 Å². The summed E-state index contributed by atoms with van der Waals surface area (Å²) in [5.41, 5.74) is 2.72. The van der Waals surface area contributed by atoms with Gasteiger partial charge in [-0.05, 0) is 57.8 Å². The fourth-order valence-electron chi connectivity index (χ4n) is 4.71. The first-order valence-corrected chi connectivity index (χ1v) is 11.8. The number of hydrogen-bond donors (Lipinski definition) is 1. The molecule has 0 bridgehead atoms. The zero-order valence-corrected chi connectivity index (χ0v) is 19.0. The second kappa shape index (κ2) is 9.93. The summed E-state index contributed by atoms with van der Waals surface area (Å²) < 4.78 is 22.4. The van der Waals surface area contributed by atoms with Gasteiger partial charge in [0.1, 0.15) is 11.5 Å². The summed E-state index contributed by atoms with van der Waals surface area (Å²) in [4.78, 5) is 20.1. The van der Waals surface area contributed by atoms with Crippen LogP contribution in [0.25, 0.3) is 11.4 Å². The second-order valence-electron chi connectivity index (χ2n) is 8.79. The van der Waals surface area contributed by atoms with Gasteiger partial charge >= 0.3 is 0 Å². The zero-order chi connectivity index (χ0) is 22.6. The Kier molecular flexibility index (Phi) is 6.59. The van der Waals surface area contributed by atoms with Gasteiger partial charge in [0, 0.05) is 25.8 Å². The highest BCUT2D eigenvalue weighted by Gasteiger charge is 2.23. The molecule has 0 aromatic carbocycles. The number of nitrogens with one attached hydrogen (secondary N) is 1. The van der Waals surface area contributed by atoms with Crippen LogP contribution in [0.4, 0.5) is 16.0 Å². The SMILES string of the molecule is Cc1ncc(-c2nc(Nc3ccc(CN4CCCCC4)nc3)ncc2F)n1C1CCOCC1. The summed E-state index contributed by atoms with van der Waals surface area (Å²) in [7, 11) is 0. The number of aryl methyl sites for hydroxylation is 1. The molecule has 1 N–H and O–H groups in total. The summed E-state index contributed by atoms with van der Waals surface area (Å²) >= 11 is 0. The predicted molar refractivity (Wildman–Crippen MR) is 124 cm³/mol. The van der Waals surface area contributed by atoms with Crippen LogP contribution in [0.2, 0.25) is 0 Å². The second-order valence-corrected chi connectivity index (χ2v) is 8.79. The molecule has 5 heterocycles. The average molecular weight is 452 g/mol. The smallest absolute Gasteiger partial charge is 0.228 e. The summed E-state index contributed by atoms with van der Waals surface area (Å²) in [5, 5.41) is 3.16. The largest absolute Gasteiger partial charge is 0.381 e. The molecule has 33 heavy (non-hydrogen) atoms. The molecule has 3 aromatic rings. The maximum atomic E-state index is 14.8. The fraction of sp³-hybridized carbons (Fsp3) is 0.500. The number of halogens is 1. The first-order chi connectivity index (χ1) is 16.2. The van der Waals surface area contributed by atoms with Gasteiger partial charge in [0.2, 0.25) is 5.95 Å². The van der Waals surface area contributed by atoms with Crippen molar-refractivity contribution in [2.75, 3.05) is 31.6 Å². The molecule has 0 aliphatic carbocycles. The molecule has 2 aliphatic heterocycles. The molecule has 5 rings (SSSR count). The van der Waals surface area contributed by atoms with Crippen molar-refractivity contribution in [1.82, 2.24) is 29.4 Å². The number of anilines is 2. The van der Waals surface area contributed by atoms with Crippen molar-refractivity contribution in [1.29, 1.82) is 0 Å². The molecule has 2 saturated heterocycles. The minimum atomic E-state index is -0.469. The van der Waals surface area contributed by atoms with Gasteiger partial charge in [0.15, 0.2) is 5.82 Å². The third-order valence-electron chi connectivity index (χ3n) is 6.44. The van der Waals surface area contributed by atoms with Crippen LogP contribution in [-0.4, -0.2) is 55.7 Å². The molecule has 0 saturated carbocycles. The molecule has 0 unspecified atom stereocenters. The lowest BCUT2D eigenvalue weighted by Gasteiger charge is -2.26. The van der Waals surface area contributed by atoms with Crippen molar-refractivity contribution < 1.29 is 9.13 Å². The number of imidazole rings is 1. The Labute approximate surface area is 193 Å². The van der Waals surface area contributed by atoms with Gasteiger partial charge in [0.05, 0.1) is 35.7 Å². The minimum absolute atomic E-state index is 0.221. The molecule has 8 nitrogen and oxygen atoms in total. The van der Waals surface area contributed by atoms with E-state index in [-0.39, 0.29) is 11.7 Å². The Morgan fingerprint density at radius 3 is 2.61 bits per heavy atom. The van der Waals surface area contributed by atoms with E-state index >= 15 is 0 Å². The number of rotatable bonds is 6. The highest BCUT2D eigenvalue weighted by Crippen LogP contribution is 2.31. The van der Waals surface area contributed by atoms with E-state index in [1.165, 1.54) is 25.5 Å². The van der Waals surface area contributed by atoms with E-state index in [9.17, 15) is 4.39 Å². The molecule has 9 heteroatoms. The van der Waals surface area contributed by atoms with E-state index in [4.69, 9.17) is 4.74 Å². The van der Waals surface area contributed by atoms with Crippen LogP contribution in [0.5, 0.6) is 0 Å². The molecule has 0 atom stereocenters. The van der Waals surface area contributed by atoms with Gasteiger partial charge < -0.3 is 14.6 Å². The lowest BCUT2D eigenvalue weighted by atomic mass is 10.1.